The molecule has 2 amide bonds. The van der Waals surface area contributed by atoms with Crippen LogP contribution in [0.4, 0.5) is 0 Å². The number of hydrazine groups is 1. The van der Waals surface area contributed by atoms with Crippen molar-refractivity contribution in [3.05, 3.63) is 65.5 Å². The van der Waals surface area contributed by atoms with Gasteiger partial charge in [0.15, 0.2) is 5.69 Å². The number of benzene rings is 2. The Bertz CT molecular complexity index is 999. The number of methoxy groups -OCH3 is 1. The number of hydrogen-bond donors (Lipinski definition) is 3. The molecule has 0 aliphatic rings. The number of phenolic OH excluding ortho intramolecular Hbond substituents is 1. The van der Waals surface area contributed by atoms with Gasteiger partial charge in [0.2, 0.25) is 0 Å². The summed E-state index contributed by atoms with van der Waals surface area (Å²) in [6.07, 6.45) is 0. The lowest BCUT2D eigenvalue weighted by Crippen LogP contribution is -2.42. The lowest BCUT2D eigenvalue weighted by Gasteiger charge is -2.08. The van der Waals surface area contributed by atoms with E-state index in [1.54, 1.807) is 50.4 Å². The SMILES string of the molecule is COc1cccc(-n2nnc(C(=O)NNC(=O)c3ccccc3O)c2C)c1. The van der Waals surface area contributed by atoms with Crippen molar-refractivity contribution < 1.29 is 19.4 Å². The van der Waals surface area contributed by atoms with Crippen molar-refractivity contribution in [2.45, 2.75) is 6.92 Å². The quantitative estimate of drug-likeness (QED) is 0.599. The number of amides is 2. The van der Waals surface area contributed by atoms with Gasteiger partial charge in [0.1, 0.15) is 11.5 Å². The third kappa shape index (κ3) is 3.71. The van der Waals surface area contributed by atoms with Gasteiger partial charge >= 0.3 is 0 Å². The highest BCUT2D eigenvalue weighted by Crippen LogP contribution is 2.18. The number of aromatic hydroxyl groups is 1. The van der Waals surface area contributed by atoms with Gasteiger partial charge in [-0.25, -0.2) is 4.68 Å². The Labute approximate surface area is 154 Å². The molecule has 9 heteroatoms. The minimum atomic E-state index is -0.653. The van der Waals surface area contributed by atoms with Crippen LogP contribution in [-0.2, 0) is 0 Å². The van der Waals surface area contributed by atoms with Gasteiger partial charge in [-0.15, -0.1) is 5.10 Å². The number of carbonyl (C=O) groups excluding carboxylic acids is 2. The smallest absolute Gasteiger partial charge is 0.292 e. The van der Waals surface area contributed by atoms with E-state index in [1.165, 1.54) is 16.8 Å². The van der Waals surface area contributed by atoms with E-state index < -0.39 is 11.8 Å². The summed E-state index contributed by atoms with van der Waals surface area (Å²) in [5, 5.41) is 17.5. The Balaban J connectivity index is 1.73. The molecule has 3 aromatic rings. The molecule has 1 heterocycles. The van der Waals surface area contributed by atoms with Crippen molar-refractivity contribution in [3.63, 3.8) is 0 Å². The normalized spacial score (nSPS) is 10.3. The number of rotatable bonds is 4. The molecule has 3 rings (SSSR count). The molecule has 0 spiro atoms. The Morgan fingerprint density at radius 2 is 1.81 bits per heavy atom. The second-order valence-corrected chi connectivity index (χ2v) is 5.56. The molecular weight excluding hydrogens is 350 g/mol. The summed E-state index contributed by atoms with van der Waals surface area (Å²) in [5.74, 6) is -0.836. The molecule has 2 aromatic carbocycles. The highest BCUT2D eigenvalue weighted by atomic mass is 16.5. The minimum Gasteiger partial charge on any atom is -0.507 e. The van der Waals surface area contributed by atoms with Gasteiger partial charge < -0.3 is 9.84 Å². The maximum atomic E-state index is 12.3. The predicted octanol–water partition coefficient (Wildman–Crippen LogP) is 1.36. The molecule has 0 unspecified atom stereocenters. The summed E-state index contributed by atoms with van der Waals surface area (Å²) in [7, 11) is 1.55. The Morgan fingerprint density at radius 1 is 1.07 bits per heavy atom. The average Bonchev–Trinajstić information content (AvgIpc) is 3.07. The summed E-state index contributed by atoms with van der Waals surface area (Å²) in [4.78, 5) is 24.4. The molecule has 0 fully saturated rings. The molecule has 0 saturated carbocycles. The lowest BCUT2D eigenvalue weighted by molar-refractivity contribution is 0.0842. The number of phenols is 1. The van der Waals surface area contributed by atoms with Crippen LogP contribution >= 0.6 is 0 Å². The summed E-state index contributed by atoms with van der Waals surface area (Å²) in [5.41, 5.74) is 5.75. The maximum absolute atomic E-state index is 12.3. The molecule has 0 aliphatic heterocycles. The van der Waals surface area contributed by atoms with E-state index in [4.69, 9.17) is 4.74 Å². The molecule has 9 nitrogen and oxygen atoms in total. The van der Waals surface area contributed by atoms with Crippen LogP contribution in [0.25, 0.3) is 5.69 Å². The van der Waals surface area contributed by atoms with E-state index in [-0.39, 0.29) is 17.0 Å². The first-order valence-electron chi connectivity index (χ1n) is 7.96. The van der Waals surface area contributed by atoms with Crippen molar-refractivity contribution in [1.29, 1.82) is 0 Å². The van der Waals surface area contributed by atoms with Gasteiger partial charge in [0.25, 0.3) is 11.8 Å². The zero-order valence-electron chi connectivity index (χ0n) is 14.6. The zero-order valence-corrected chi connectivity index (χ0v) is 14.6. The fourth-order valence-corrected chi connectivity index (χ4v) is 2.43. The fourth-order valence-electron chi connectivity index (χ4n) is 2.43. The number of ether oxygens (including phenoxy) is 1. The Kier molecular flexibility index (Phi) is 5.02. The molecule has 0 aliphatic carbocycles. The van der Waals surface area contributed by atoms with Crippen LogP contribution in [0, 0.1) is 6.92 Å². The third-order valence-corrected chi connectivity index (χ3v) is 3.85. The number of aromatic nitrogens is 3. The molecule has 1 aromatic heterocycles. The van der Waals surface area contributed by atoms with Crippen LogP contribution in [-0.4, -0.2) is 39.0 Å². The van der Waals surface area contributed by atoms with Crippen molar-refractivity contribution >= 4 is 11.8 Å². The average molecular weight is 367 g/mol. The molecule has 138 valence electrons. The van der Waals surface area contributed by atoms with Gasteiger partial charge in [-0.1, -0.05) is 23.4 Å². The van der Waals surface area contributed by atoms with Crippen LogP contribution in [0.3, 0.4) is 0 Å². The van der Waals surface area contributed by atoms with Crippen LogP contribution in [0.5, 0.6) is 11.5 Å². The summed E-state index contributed by atoms with van der Waals surface area (Å²) in [6.45, 7) is 1.68. The first-order chi connectivity index (χ1) is 13.0. The van der Waals surface area contributed by atoms with E-state index in [1.807, 2.05) is 0 Å². The second kappa shape index (κ2) is 7.56. The standard InChI is InChI=1S/C18H17N5O4/c1-11-16(19-22-23(11)12-6-5-7-13(10-12)27-2)18(26)21-20-17(25)14-8-3-4-9-15(14)24/h3-10,24H,1-2H3,(H,20,25)(H,21,26). The first-order valence-corrected chi connectivity index (χ1v) is 7.96. The van der Waals surface area contributed by atoms with Crippen molar-refractivity contribution in [2.75, 3.05) is 7.11 Å². The number of para-hydroxylation sites is 1. The predicted molar refractivity (Wildman–Crippen MR) is 95.7 cm³/mol. The summed E-state index contributed by atoms with van der Waals surface area (Å²) in [6, 6.07) is 13.1. The van der Waals surface area contributed by atoms with Gasteiger partial charge in [-0.2, -0.15) is 0 Å². The van der Waals surface area contributed by atoms with Crippen molar-refractivity contribution in [2.24, 2.45) is 0 Å². The Morgan fingerprint density at radius 3 is 2.56 bits per heavy atom. The molecule has 0 atom stereocenters. The molecule has 3 N–H and O–H groups in total. The molecule has 0 saturated heterocycles. The van der Waals surface area contributed by atoms with Gasteiger partial charge in [0.05, 0.1) is 24.1 Å². The van der Waals surface area contributed by atoms with E-state index in [0.717, 1.165) is 0 Å². The maximum Gasteiger partial charge on any atom is 0.292 e. The highest BCUT2D eigenvalue weighted by Gasteiger charge is 2.19. The number of nitrogens with one attached hydrogen (secondary N) is 2. The second-order valence-electron chi connectivity index (χ2n) is 5.56. The van der Waals surface area contributed by atoms with E-state index >= 15 is 0 Å². The van der Waals surface area contributed by atoms with E-state index in [0.29, 0.717) is 17.1 Å². The third-order valence-electron chi connectivity index (χ3n) is 3.85. The van der Waals surface area contributed by atoms with Gasteiger partial charge in [-0.3, -0.25) is 20.4 Å². The van der Waals surface area contributed by atoms with Crippen LogP contribution in [0.2, 0.25) is 0 Å². The van der Waals surface area contributed by atoms with Crippen LogP contribution in [0.15, 0.2) is 48.5 Å². The zero-order chi connectivity index (χ0) is 19.4. The molecule has 0 bridgehead atoms. The van der Waals surface area contributed by atoms with Crippen LogP contribution < -0.4 is 15.6 Å². The first kappa shape index (κ1) is 17.9. The topological polar surface area (TPSA) is 118 Å². The lowest BCUT2D eigenvalue weighted by atomic mass is 10.2. The Hall–Kier alpha value is -3.88. The summed E-state index contributed by atoms with van der Waals surface area (Å²) >= 11 is 0. The number of nitrogens with zero attached hydrogens (tertiary/aromatic N) is 3. The van der Waals surface area contributed by atoms with E-state index in [2.05, 4.69) is 21.2 Å². The highest BCUT2D eigenvalue weighted by molar-refractivity contribution is 6.00. The largest absolute Gasteiger partial charge is 0.507 e. The number of hydrogen-bond acceptors (Lipinski definition) is 6. The van der Waals surface area contributed by atoms with Gasteiger partial charge in [0, 0.05) is 6.07 Å². The van der Waals surface area contributed by atoms with Crippen LogP contribution in [0.1, 0.15) is 26.5 Å². The molecular formula is C18H17N5O4. The fraction of sp³-hybridized carbons (Fsp3) is 0.111. The number of carbonyl (C=O) groups is 2. The van der Waals surface area contributed by atoms with E-state index in [9.17, 15) is 14.7 Å². The molecule has 27 heavy (non-hydrogen) atoms. The van der Waals surface area contributed by atoms with Crippen molar-refractivity contribution in [3.8, 4) is 17.2 Å². The summed E-state index contributed by atoms with van der Waals surface area (Å²) < 4.78 is 6.67. The van der Waals surface area contributed by atoms with Crippen molar-refractivity contribution in [1.82, 2.24) is 25.8 Å². The van der Waals surface area contributed by atoms with Gasteiger partial charge in [-0.05, 0) is 31.2 Å². The molecule has 0 radical (unpaired) electrons. The minimum absolute atomic E-state index is 0.0366. The monoisotopic (exact) mass is 367 g/mol.